The third-order valence-electron chi connectivity index (χ3n) is 5.65. The first kappa shape index (κ1) is 27.2. The molecular weight excluding hydrogens is 563 g/mol. The van der Waals surface area contributed by atoms with Crippen LogP contribution in [0.15, 0.2) is 28.8 Å². The van der Waals surface area contributed by atoms with Crippen molar-refractivity contribution >= 4 is 37.6 Å². The van der Waals surface area contributed by atoms with Gasteiger partial charge in [-0.3, -0.25) is 0 Å². The van der Waals surface area contributed by atoms with E-state index in [1.54, 1.807) is 0 Å². The van der Waals surface area contributed by atoms with Gasteiger partial charge in [0.1, 0.15) is 4.90 Å². The SMILES string of the molecule is COc1c(C)c2c(c(C)c1OC)S(=O)(=O)N(c1ccc3c(c1)OCO3)C(C(=O)O)=C2OS(=O)(=O)C(F)(F)F. The molecule has 0 unspecified atom stereocenters. The quantitative estimate of drug-likeness (QED) is 0.395. The molecule has 2 aromatic rings. The van der Waals surface area contributed by atoms with E-state index in [2.05, 4.69) is 4.18 Å². The maximum absolute atomic E-state index is 14.0. The fourth-order valence-corrected chi connectivity index (χ4v) is 6.56. The highest BCUT2D eigenvalue weighted by Gasteiger charge is 2.53. The number of nitrogens with zero attached hydrogens (tertiary/aromatic N) is 1. The average Bonchev–Trinajstić information content (AvgIpc) is 3.28. The molecule has 2 aliphatic rings. The van der Waals surface area contributed by atoms with Gasteiger partial charge in [0.05, 0.1) is 19.9 Å². The first-order valence-corrected chi connectivity index (χ1v) is 13.1. The van der Waals surface area contributed by atoms with E-state index in [0.717, 1.165) is 19.2 Å². The van der Waals surface area contributed by atoms with Crippen LogP contribution in [0.1, 0.15) is 16.7 Å². The first-order valence-electron chi connectivity index (χ1n) is 10.3. The molecule has 0 bridgehead atoms. The van der Waals surface area contributed by atoms with E-state index in [1.165, 1.54) is 27.0 Å². The molecule has 2 aromatic carbocycles. The number of carbonyl (C=O) groups is 1. The maximum Gasteiger partial charge on any atom is 0.534 e. The van der Waals surface area contributed by atoms with Gasteiger partial charge in [-0.25, -0.2) is 17.5 Å². The van der Waals surface area contributed by atoms with Crippen LogP contribution in [0.4, 0.5) is 18.9 Å². The average molecular weight is 581 g/mol. The Morgan fingerprint density at radius 1 is 1.05 bits per heavy atom. The molecule has 17 heteroatoms. The highest BCUT2D eigenvalue weighted by molar-refractivity contribution is 7.93. The molecule has 1 N–H and O–H groups in total. The summed E-state index contributed by atoms with van der Waals surface area (Å²) < 4.78 is 118. The monoisotopic (exact) mass is 581 g/mol. The molecule has 0 saturated carbocycles. The van der Waals surface area contributed by atoms with Gasteiger partial charge >= 0.3 is 21.6 Å². The lowest BCUT2D eigenvalue weighted by Gasteiger charge is -2.34. The number of fused-ring (bicyclic) bond motifs is 2. The van der Waals surface area contributed by atoms with Gasteiger partial charge in [-0.2, -0.15) is 21.6 Å². The first-order chi connectivity index (χ1) is 17.6. The lowest BCUT2D eigenvalue weighted by molar-refractivity contribution is -0.132. The summed E-state index contributed by atoms with van der Waals surface area (Å²) in [6, 6.07) is 3.40. The smallest absolute Gasteiger partial charge is 0.493 e. The standard InChI is InChI=1S/C21H18F3NO11S2/c1-9-14-18(36-38(30,31)21(22,23)24)15(20(26)27)25(11-5-6-12-13(7-11)35-8-34-12)37(28,29)19(14)10(2)17(33-4)16(9)32-3/h5-7H,8H2,1-4H3,(H,26,27). The number of hydrogen-bond acceptors (Lipinski definition) is 10. The van der Waals surface area contributed by atoms with E-state index in [4.69, 9.17) is 18.9 Å². The van der Waals surface area contributed by atoms with Crippen molar-refractivity contribution in [1.29, 1.82) is 0 Å². The molecule has 206 valence electrons. The largest absolute Gasteiger partial charge is 0.534 e. The molecule has 0 fully saturated rings. The number of halogens is 3. The van der Waals surface area contributed by atoms with Gasteiger partial charge in [-0.05, 0) is 26.0 Å². The molecule has 0 atom stereocenters. The topological polar surface area (TPSA) is 155 Å². The van der Waals surface area contributed by atoms with Gasteiger partial charge in [0.15, 0.2) is 34.5 Å². The summed E-state index contributed by atoms with van der Waals surface area (Å²) in [6.45, 7) is 2.16. The summed E-state index contributed by atoms with van der Waals surface area (Å²) >= 11 is 0. The van der Waals surface area contributed by atoms with Gasteiger partial charge in [0, 0.05) is 22.8 Å². The Labute approximate surface area is 213 Å². The van der Waals surface area contributed by atoms with Crippen LogP contribution in [0, 0.1) is 13.8 Å². The van der Waals surface area contributed by atoms with Crippen LogP contribution in [-0.4, -0.2) is 54.4 Å². The highest BCUT2D eigenvalue weighted by atomic mass is 32.2. The van der Waals surface area contributed by atoms with Crippen molar-refractivity contribution in [3.8, 4) is 23.0 Å². The third-order valence-corrected chi connectivity index (χ3v) is 8.50. The number of alkyl halides is 3. The molecule has 2 aliphatic heterocycles. The molecular formula is C21H18F3NO11S2. The minimum absolute atomic E-state index is 0.00108. The van der Waals surface area contributed by atoms with Crippen molar-refractivity contribution in [3.05, 3.63) is 40.6 Å². The number of benzene rings is 2. The Balaban J connectivity index is 2.20. The van der Waals surface area contributed by atoms with E-state index in [9.17, 15) is 39.9 Å². The normalized spacial score (nSPS) is 16.2. The molecule has 38 heavy (non-hydrogen) atoms. The number of hydrogen-bond donors (Lipinski definition) is 1. The van der Waals surface area contributed by atoms with Gasteiger partial charge < -0.3 is 28.2 Å². The maximum atomic E-state index is 14.0. The van der Waals surface area contributed by atoms with E-state index >= 15 is 0 Å². The van der Waals surface area contributed by atoms with E-state index < -0.39 is 59.2 Å². The molecule has 4 rings (SSSR count). The van der Waals surface area contributed by atoms with Crippen LogP contribution in [0.25, 0.3) is 5.76 Å². The number of anilines is 1. The number of carboxylic acids is 1. The van der Waals surface area contributed by atoms with Crippen molar-refractivity contribution in [2.75, 3.05) is 25.3 Å². The molecule has 0 saturated heterocycles. The van der Waals surface area contributed by atoms with Gasteiger partial charge in [0.25, 0.3) is 10.0 Å². The van der Waals surface area contributed by atoms with Crippen molar-refractivity contribution in [1.82, 2.24) is 0 Å². The summed E-state index contributed by atoms with van der Waals surface area (Å²) in [5, 5.41) is 10.0. The van der Waals surface area contributed by atoms with Crippen LogP contribution in [0.3, 0.4) is 0 Å². The summed E-state index contributed by atoms with van der Waals surface area (Å²) in [4.78, 5) is 11.7. The number of sulfonamides is 1. The van der Waals surface area contributed by atoms with Crippen molar-refractivity contribution in [3.63, 3.8) is 0 Å². The molecule has 0 radical (unpaired) electrons. The zero-order valence-corrected chi connectivity index (χ0v) is 21.5. The van der Waals surface area contributed by atoms with Crippen molar-refractivity contribution in [2.45, 2.75) is 24.3 Å². The summed E-state index contributed by atoms with van der Waals surface area (Å²) in [6.07, 6.45) is 0. The molecule has 2 heterocycles. The molecule has 0 aliphatic carbocycles. The second-order valence-corrected chi connectivity index (χ2v) is 11.1. The number of aliphatic carboxylic acids is 1. The zero-order chi connectivity index (χ0) is 28.4. The summed E-state index contributed by atoms with van der Waals surface area (Å²) in [5.41, 5.74) is -9.07. The molecule has 12 nitrogen and oxygen atoms in total. The lowest BCUT2D eigenvalue weighted by atomic mass is 9.99. The number of ether oxygens (including phenoxy) is 4. The van der Waals surface area contributed by atoms with Gasteiger partial charge in [-0.15, -0.1) is 0 Å². The Bertz CT molecular complexity index is 1610. The number of methoxy groups -OCH3 is 2. The molecule has 0 aromatic heterocycles. The lowest BCUT2D eigenvalue weighted by Crippen LogP contribution is -2.40. The van der Waals surface area contributed by atoms with Crippen molar-refractivity contribution in [2.24, 2.45) is 0 Å². The van der Waals surface area contributed by atoms with Crippen LogP contribution in [0.2, 0.25) is 0 Å². The van der Waals surface area contributed by atoms with E-state index in [1.807, 2.05) is 0 Å². The summed E-state index contributed by atoms with van der Waals surface area (Å²) in [7, 11) is -9.15. The molecule has 0 amide bonds. The van der Waals surface area contributed by atoms with E-state index in [-0.39, 0.29) is 45.2 Å². The predicted octanol–water partition coefficient (Wildman–Crippen LogP) is 2.88. The van der Waals surface area contributed by atoms with Crippen LogP contribution in [0.5, 0.6) is 23.0 Å². The van der Waals surface area contributed by atoms with Gasteiger partial charge in [0.2, 0.25) is 6.79 Å². The number of carboxylic acid groups (broad SMARTS) is 1. The Kier molecular flexibility index (Phi) is 6.34. The molecule has 0 spiro atoms. The Morgan fingerprint density at radius 3 is 2.18 bits per heavy atom. The Hall–Kier alpha value is -3.86. The fourth-order valence-electron chi connectivity index (χ4n) is 4.13. The zero-order valence-electron chi connectivity index (χ0n) is 19.9. The second-order valence-electron chi connectivity index (χ2n) is 7.79. The predicted molar refractivity (Wildman–Crippen MR) is 122 cm³/mol. The van der Waals surface area contributed by atoms with Crippen LogP contribution >= 0.6 is 0 Å². The van der Waals surface area contributed by atoms with Crippen LogP contribution < -0.4 is 23.3 Å². The highest BCUT2D eigenvalue weighted by Crippen LogP contribution is 2.51. The number of rotatable bonds is 6. The van der Waals surface area contributed by atoms with Crippen molar-refractivity contribution < 1.29 is 63.0 Å². The second kappa shape index (κ2) is 8.87. The minimum atomic E-state index is -6.48. The van der Waals surface area contributed by atoms with E-state index in [0.29, 0.717) is 0 Å². The minimum Gasteiger partial charge on any atom is -0.493 e. The van der Waals surface area contributed by atoms with Crippen LogP contribution in [-0.2, 0) is 29.1 Å². The third kappa shape index (κ3) is 3.92. The van der Waals surface area contributed by atoms with Gasteiger partial charge in [-0.1, -0.05) is 0 Å². The summed E-state index contributed by atoms with van der Waals surface area (Å²) in [5.74, 6) is -3.67. The fraction of sp³-hybridized carbons (Fsp3) is 0.286. The Morgan fingerprint density at radius 2 is 1.63 bits per heavy atom.